The fraction of sp³-hybridized carbons (Fsp3) is 0. The molecule has 6 heteroatoms. The number of rotatable bonds is 4. The Morgan fingerprint density at radius 2 is 1.12 bits per heavy atom. The topological polar surface area (TPSA) is 64.5 Å². The van der Waals surface area contributed by atoms with Crippen molar-refractivity contribution in [2.45, 2.75) is 0 Å². The second-order valence-corrected chi connectivity index (χ2v) is 10.9. The van der Waals surface area contributed by atoms with Crippen LogP contribution in [0.2, 0.25) is 0 Å². The molecule has 3 aromatic heterocycles. The van der Waals surface area contributed by atoms with E-state index in [2.05, 4.69) is 41.4 Å². The van der Waals surface area contributed by atoms with E-state index in [0.717, 1.165) is 49.8 Å². The Labute approximate surface area is 239 Å². The SMILES string of the molecule is c1ccc(-c2nc(-c3ccccc3)nc(-c3cccc4sc5ccc(-c6cnc7ccccc7n6)cc5c34)n2)cc1. The van der Waals surface area contributed by atoms with Gasteiger partial charge in [-0.25, -0.2) is 19.9 Å². The van der Waals surface area contributed by atoms with Crippen LogP contribution >= 0.6 is 11.3 Å². The molecule has 0 aliphatic carbocycles. The molecule has 0 atom stereocenters. The minimum Gasteiger partial charge on any atom is -0.252 e. The molecular formula is C35H21N5S. The fourth-order valence-electron chi connectivity index (χ4n) is 5.20. The molecule has 0 saturated heterocycles. The van der Waals surface area contributed by atoms with Gasteiger partial charge in [-0.15, -0.1) is 11.3 Å². The first-order valence-corrected chi connectivity index (χ1v) is 14.2. The van der Waals surface area contributed by atoms with Gasteiger partial charge in [0.25, 0.3) is 0 Å². The zero-order valence-electron chi connectivity index (χ0n) is 21.8. The summed E-state index contributed by atoms with van der Waals surface area (Å²) in [6.45, 7) is 0. The van der Waals surface area contributed by atoms with Crippen molar-refractivity contribution in [1.82, 2.24) is 24.9 Å². The summed E-state index contributed by atoms with van der Waals surface area (Å²) < 4.78 is 2.38. The lowest BCUT2D eigenvalue weighted by Crippen LogP contribution is -2.00. The Bertz CT molecular complexity index is 2150. The lowest BCUT2D eigenvalue weighted by Gasteiger charge is -2.09. The number of hydrogen-bond donors (Lipinski definition) is 0. The van der Waals surface area contributed by atoms with E-state index in [1.165, 1.54) is 9.40 Å². The summed E-state index contributed by atoms with van der Waals surface area (Å²) in [5, 5.41) is 2.28. The summed E-state index contributed by atoms with van der Waals surface area (Å²) in [5.41, 5.74) is 6.52. The third-order valence-corrected chi connectivity index (χ3v) is 8.32. The Hall–Kier alpha value is -5.33. The van der Waals surface area contributed by atoms with E-state index in [9.17, 15) is 0 Å². The van der Waals surface area contributed by atoms with E-state index in [1.54, 1.807) is 11.3 Å². The molecule has 0 unspecified atom stereocenters. The molecule has 0 amide bonds. The maximum Gasteiger partial charge on any atom is 0.164 e. The predicted molar refractivity (Wildman–Crippen MR) is 168 cm³/mol. The number of hydrogen-bond acceptors (Lipinski definition) is 6. The van der Waals surface area contributed by atoms with E-state index in [-0.39, 0.29) is 0 Å². The lowest BCUT2D eigenvalue weighted by atomic mass is 10.0. The average molecular weight is 544 g/mol. The quantitative estimate of drug-likeness (QED) is 0.222. The molecule has 0 saturated carbocycles. The Morgan fingerprint density at radius 3 is 1.85 bits per heavy atom. The van der Waals surface area contributed by atoms with Gasteiger partial charge in [-0.3, -0.25) is 4.98 Å². The molecule has 3 heterocycles. The molecule has 0 spiro atoms. The first-order chi connectivity index (χ1) is 20.3. The number of fused-ring (bicyclic) bond motifs is 4. The van der Waals surface area contributed by atoms with Crippen molar-refractivity contribution in [1.29, 1.82) is 0 Å². The molecule has 5 nitrogen and oxygen atoms in total. The Kier molecular flexibility index (Phi) is 5.57. The van der Waals surface area contributed by atoms with E-state index in [4.69, 9.17) is 19.9 Å². The van der Waals surface area contributed by atoms with Crippen molar-refractivity contribution in [3.05, 3.63) is 128 Å². The van der Waals surface area contributed by atoms with Gasteiger partial charge in [0.15, 0.2) is 17.5 Å². The molecule has 0 aliphatic rings. The van der Waals surface area contributed by atoms with Crippen molar-refractivity contribution in [2.75, 3.05) is 0 Å². The van der Waals surface area contributed by atoms with Crippen LogP contribution in [0.3, 0.4) is 0 Å². The Balaban J connectivity index is 1.35. The monoisotopic (exact) mass is 543 g/mol. The highest BCUT2D eigenvalue weighted by molar-refractivity contribution is 7.25. The van der Waals surface area contributed by atoms with Gasteiger partial charge in [-0.1, -0.05) is 91.0 Å². The molecule has 0 radical (unpaired) electrons. The predicted octanol–water partition coefficient (Wildman–Crippen LogP) is 8.85. The van der Waals surface area contributed by atoms with Crippen LogP contribution in [-0.2, 0) is 0 Å². The molecule has 192 valence electrons. The van der Waals surface area contributed by atoms with Gasteiger partial charge in [0.05, 0.1) is 22.9 Å². The van der Waals surface area contributed by atoms with Gasteiger partial charge in [0.2, 0.25) is 0 Å². The number of para-hydroxylation sites is 2. The van der Waals surface area contributed by atoms with Crippen LogP contribution in [0.5, 0.6) is 0 Å². The lowest BCUT2D eigenvalue weighted by molar-refractivity contribution is 1.08. The Morgan fingerprint density at radius 1 is 0.463 bits per heavy atom. The molecule has 8 rings (SSSR count). The van der Waals surface area contributed by atoms with E-state index < -0.39 is 0 Å². The fourth-order valence-corrected chi connectivity index (χ4v) is 6.31. The van der Waals surface area contributed by atoms with Crippen LogP contribution in [-0.4, -0.2) is 24.9 Å². The van der Waals surface area contributed by atoms with Gasteiger partial charge < -0.3 is 0 Å². The average Bonchev–Trinajstić information content (AvgIpc) is 3.43. The minimum absolute atomic E-state index is 0.651. The smallest absolute Gasteiger partial charge is 0.164 e. The van der Waals surface area contributed by atoms with Crippen molar-refractivity contribution < 1.29 is 0 Å². The van der Waals surface area contributed by atoms with Gasteiger partial charge in [-0.05, 0) is 30.3 Å². The van der Waals surface area contributed by atoms with Gasteiger partial charge >= 0.3 is 0 Å². The number of thiophene rings is 1. The molecular weight excluding hydrogens is 522 g/mol. The molecule has 0 bridgehead atoms. The maximum atomic E-state index is 5.01. The number of benzene rings is 5. The minimum atomic E-state index is 0.651. The second-order valence-electron chi connectivity index (χ2n) is 9.77. The van der Waals surface area contributed by atoms with Crippen LogP contribution in [0.4, 0.5) is 0 Å². The van der Waals surface area contributed by atoms with Crippen LogP contribution < -0.4 is 0 Å². The first-order valence-electron chi connectivity index (χ1n) is 13.3. The molecule has 5 aromatic carbocycles. The summed E-state index contributed by atoms with van der Waals surface area (Å²) in [4.78, 5) is 24.4. The molecule has 8 aromatic rings. The largest absolute Gasteiger partial charge is 0.252 e. The third kappa shape index (κ3) is 4.22. The van der Waals surface area contributed by atoms with Crippen molar-refractivity contribution in [3.63, 3.8) is 0 Å². The summed E-state index contributed by atoms with van der Waals surface area (Å²) in [6.07, 6.45) is 1.85. The highest BCUT2D eigenvalue weighted by Gasteiger charge is 2.17. The van der Waals surface area contributed by atoms with E-state index in [1.807, 2.05) is 91.1 Å². The summed E-state index contributed by atoms with van der Waals surface area (Å²) in [7, 11) is 0. The normalized spacial score (nSPS) is 11.4. The van der Waals surface area contributed by atoms with Gasteiger partial charge in [0, 0.05) is 42.4 Å². The summed E-state index contributed by atoms with van der Waals surface area (Å²) in [6, 6.07) is 41.0. The molecule has 0 fully saturated rings. The maximum absolute atomic E-state index is 5.01. The van der Waals surface area contributed by atoms with E-state index >= 15 is 0 Å². The molecule has 0 aliphatic heterocycles. The standard InChI is InChI=1S/C35H21N5S/c1-3-10-22(11-4-1)33-38-34(23-12-5-2-6-13-23)40-35(39-33)25-14-9-17-31-32(25)26-20-24(18-19-30(26)41-31)29-21-36-27-15-7-8-16-28(27)37-29/h1-21H. The highest BCUT2D eigenvalue weighted by atomic mass is 32.1. The van der Waals surface area contributed by atoms with Crippen molar-refractivity contribution in [3.8, 4) is 45.4 Å². The zero-order chi connectivity index (χ0) is 27.2. The number of nitrogens with zero attached hydrogens (tertiary/aromatic N) is 5. The van der Waals surface area contributed by atoms with Crippen LogP contribution in [0, 0.1) is 0 Å². The highest BCUT2D eigenvalue weighted by Crippen LogP contribution is 2.41. The van der Waals surface area contributed by atoms with Gasteiger partial charge in [0.1, 0.15) is 0 Å². The van der Waals surface area contributed by atoms with E-state index in [0.29, 0.717) is 17.5 Å². The third-order valence-electron chi connectivity index (χ3n) is 7.18. The van der Waals surface area contributed by atoms with Crippen LogP contribution in [0.1, 0.15) is 0 Å². The summed E-state index contributed by atoms with van der Waals surface area (Å²) >= 11 is 1.77. The first kappa shape index (κ1) is 23.5. The number of aromatic nitrogens is 5. The van der Waals surface area contributed by atoms with Gasteiger partial charge in [-0.2, -0.15) is 0 Å². The second kappa shape index (κ2) is 9.70. The zero-order valence-corrected chi connectivity index (χ0v) is 22.6. The molecule has 41 heavy (non-hydrogen) atoms. The van der Waals surface area contributed by atoms with Crippen molar-refractivity contribution in [2.24, 2.45) is 0 Å². The molecule has 0 N–H and O–H groups in total. The van der Waals surface area contributed by atoms with Crippen LogP contribution in [0.15, 0.2) is 128 Å². The summed E-state index contributed by atoms with van der Waals surface area (Å²) in [5.74, 6) is 1.95. The van der Waals surface area contributed by atoms with Crippen molar-refractivity contribution >= 4 is 42.5 Å². The van der Waals surface area contributed by atoms with Crippen LogP contribution in [0.25, 0.3) is 76.6 Å².